The third-order valence-corrected chi connectivity index (χ3v) is 5.10. The zero-order chi connectivity index (χ0) is 15.7. The fourth-order valence-electron chi connectivity index (χ4n) is 2.22. The summed E-state index contributed by atoms with van der Waals surface area (Å²) in [5, 5.41) is 2.95. The Hall–Kier alpha value is -1.35. The second-order valence-corrected chi connectivity index (χ2v) is 7.23. The molecule has 0 saturated carbocycles. The Labute approximate surface area is 119 Å². The minimum Gasteiger partial charge on any atom is -0.314 e. The number of rotatable bonds is 4. The molecule has 0 spiro atoms. The van der Waals surface area contributed by atoms with Crippen LogP contribution in [0, 0.1) is 0 Å². The van der Waals surface area contributed by atoms with Gasteiger partial charge in [-0.05, 0) is 12.5 Å². The van der Waals surface area contributed by atoms with Crippen LogP contribution in [0.4, 0.5) is 13.2 Å². The van der Waals surface area contributed by atoms with Crippen molar-refractivity contribution in [2.24, 2.45) is 0 Å². The molecule has 1 unspecified atom stereocenters. The van der Waals surface area contributed by atoms with Gasteiger partial charge in [0, 0.05) is 31.4 Å². The lowest BCUT2D eigenvalue weighted by Crippen LogP contribution is -2.34. The molecule has 0 aliphatic carbocycles. The minimum absolute atomic E-state index is 0.0322. The third kappa shape index (κ3) is 4.31. The topological polar surface area (TPSA) is 68.2 Å². The first-order valence-electron chi connectivity index (χ1n) is 6.39. The molecule has 0 aromatic carbocycles. The lowest BCUT2D eigenvalue weighted by molar-refractivity contribution is -0.138. The Morgan fingerprint density at radius 1 is 1.33 bits per heavy atom. The molecule has 0 amide bonds. The first-order chi connectivity index (χ1) is 9.67. The van der Waals surface area contributed by atoms with E-state index in [-0.39, 0.29) is 30.6 Å². The van der Waals surface area contributed by atoms with E-state index in [0.29, 0.717) is 6.42 Å². The van der Waals surface area contributed by atoms with Crippen LogP contribution < -0.4 is 10.9 Å². The molecule has 1 aliphatic rings. The van der Waals surface area contributed by atoms with Gasteiger partial charge in [0.25, 0.3) is 5.56 Å². The first kappa shape index (κ1) is 16.0. The maximum atomic E-state index is 12.6. The van der Waals surface area contributed by atoms with Gasteiger partial charge in [0.05, 0.1) is 17.1 Å². The molecule has 21 heavy (non-hydrogen) atoms. The number of hydrogen-bond donors (Lipinski definition) is 1. The van der Waals surface area contributed by atoms with E-state index in [4.69, 9.17) is 0 Å². The molecule has 1 saturated heterocycles. The molecule has 2 rings (SSSR count). The smallest absolute Gasteiger partial charge is 0.314 e. The van der Waals surface area contributed by atoms with Gasteiger partial charge in [0.1, 0.15) is 0 Å². The molecule has 0 radical (unpaired) electrons. The van der Waals surface area contributed by atoms with E-state index in [1.54, 1.807) is 0 Å². The number of nitrogens with one attached hydrogen (secondary N) is 1. The van der Waals surface area contributed by atoms with Gasteiger partial charge in [0.15, 0.2) is 9.84 Å². The summed E-state index contributed by atoms with van der Waals surface area (Å²) in [6, 6.07) is 1.43. The lowest BCUT2D eigenvalue weighted by Gasteiger charge is -2.13. The summed E-state index contributed by atoms with van der Waals surface area (Å²) in [5.41, 5.74) is -1.41. The zero-order valence-corrected chi connectivity index (χ0v) is 11.9. The average molecular weight is 324 g/mol. The summed E-state index contributed by atoms with van der Waals surface area (Å²) in [6.45, 7) is 0.292. The second kappa shape index (κ2) is 5.80. The monoisotopic (exact) mass is 324 g/mol. The van der Waals surface area contributed by atoms with Crippen LogP contribution in [-0.4, -0.2) is 37.1 Å². The Morgan fingerprint density at radius 2 is 2.05 bits per heavy atom. The van der Waals surface area contributed by atoms with Gasteiger partial charge in [-0.15, -0.1) is 0 Å². The standard InChI is InChI=1S/C12H15F3N2O3S/c13-12(14,15)9-1-2-11(18)17(7-9)5-4-16-10-3-6-21(19,20)8-10/h1-2,7,10,16H,3-6,8H2. The molecule has 1 atom stereocenters. The van der Waals surface area contributed by atoms with Crippen LogP contribution >= 0.6 is 0 Å². The third-order valence-electron chi connectivity index (χ3n) is 3.33. The van der Waals surface area contributed by atoms with Crippen molar-refractivity contribution in [1.29, 1.82) is 0 Å². The number of aromatic nitrogens is 1. The zero-order valence-electron chi connectivity index (χ0n) is 11.1. The van der Waals surface area contributed by atoms with Crippen LogP contribution in [0.1, 0.15) is 12.0 Å². The van der Waals surface area contributed by atoms with Gasteiger partial charge >= 0.3 is 6.18 Å². The highest BCUT2D eigenvalue weighted by atomic mass is 32.2. The van der Waals surface area contributed by atoms with Gasteiger partial charge in [0.2, 0.25) is 0 Å². The second-order valence-electron chi connectivity index (χ2n) is 5.00. The van der Waals surface area contributed by atoms with Crippen molar-refractivity contribution in [2.45, 2.75) is 25.2 Å². The molecule has 1 N–H and O–H groups in total. The SMILES string of the molecule is O=c1ccc(C(F)(F)F)cn1CCNC1CCS(=O)(=O)C1. The minimum atomic E-state index is -4.50. The predicted octanol–water partition coefficient (Wildman–Crippen LogP) is 0.644. The van der Waals surface area contributed by atoms with E-state index >= 15 is 0 Å². The number of alkyl halides is 3. The maximum Gasteiger partial charge on any atom is 0.417 e. The fraction of sp³-hybridized carbons (Fsp3) is 0.583. The van der Waals surface area contributed by atoms with Crippen LogP contribution in [-0.2, 0) is 22.6 Å². The number of nitrogens with zero attached hydrogens (tertiary/aromatic N) is 1. The predicted molar refractivity (Wildman–Crippen MR) is 70.8 cm³/mol. The molecule has 118 valence electrons. The van der Waals surface area contributed by atoms with Crippen LogP contribution in [0.15, 0.2) is 23.1 Å². The van der Waals surface area contributed by atoms with E-state index in [1.807, 2.05) is 0 Å². The number of sulfone groups is 1. The van der Waals surface area contributed by atoms with Crippen molar-refractivity contribution in [3.63, 3.8) is 0 Å². The van der Waals surface area contributed by atoms with Crippen molar-refractivity contribution >= 4 is 9.84 Å². The lowest BCUT2D eigenvalue weighted by atomic mass is 10.2. The van der Waals surface area contributed by atoms with Gasteiger partial charge in [-0.2, -0.15) is 13.2 Å². The molecule has 1 aromatic rings. The highest BCUT2D eigenvalue weighted by Crippen LogP contribution is 2.27. The summed E-state index contributed by atoms with van der Waals surface area (Å²) in [5.74, 6) is 0.151. The quantitative estimate of drug-likeness (QED) is 0.883. The van der Waals surface area contributed by atoms with E-state index < -0.39 is 27.1 Å². The van der Waals surface area contributed by atoms with Crippen molar-refractivity contribution in [3.05, 3.63) is 34.2 Å². The fourth-order valence-corrected chi connectivity index (χ4v) is 3.93. The van der Waals surface area contributed by atoms with Crippen molar-refractivity contribution in [3.8, 4) is 0 Å². The summed E-state index contributed by atoms with van der Waals surface area (Å²) in [7, 11) is -3.00. The molecule has 1 aromatic heterocycles. The summed E-state index contributed by atoms with van der Waals surface area (Å²) < 4.78 is 61.2. The molecule has 1 aliphatic heterocycles. The molecule has 5 nitrogen and oxygen atoms in total. The van der Waals surface area contributed by atoms with Gasteiger partial charge in [-0.1, -0.05) is 0 Å². The molecule has 1 fully saturated rings. The molecular formula is C12H15F3N2O3S. The highest BCUT2D eigenvalue weighted by Gasteiger charge is 2.31. The molecular weight excluding hydrogens is 309 g/mol. The number of halogens is 3. The Kier molecular flexibility index (Phi) is 4.43. The Balaban J connectivity index is 1.96. The average Bonchev–Trinajstić information content (AvgIpc) is 2.70. The maximum absolute atomic E-state index is 12.6. The van der Waals surface area contributed by atoms with E-state index in [1.165, 1.54) is 0 Å². The largest absolute Gasteiger partial charge is 0.417 e. The molecule has 0 bridgehead atoms. The first-order valence-corrected chi connectivity index (χ1v) is 8.21. The van der Waals surface area contributed by atoms with E-state index in [2.05, 4.69) is 5.32 Å². The normalized spacial score (nSPS) is 21.6. The number of pyridine rings is 1. The molecule has 9 heteroatoms. The van der Waals surface area contributed by atoms with Crippen molar-refractivity contribution < 1.29 is 21.6 Å². The summed E-state index contributed by atoms with van der Waals surface area (Å²) in [4.78, 5) is 11.5. The highest BCUT2D eigenvalue weighted by molar-refractivity contribution is 7.91. The molecule has 2 heterocycles. The van der Waals surface area contributed by atoms with E-state index in [9.17, 15) is 26.4 Å². The Bertz CT molecular complexity index is 667. The van der Waals surface area contributed by atoms with Gasteiger partial charge in [-0.25, -0.2) is 8.42 Å². The summed E-state index contributed by atoms with van der Waals surface area (Å²) in [6.07, 6.45) is -3.24. The summed E-state index contributed by atoms with van der Waals surface area (Å²) >= 11 is 0. The van der Waals surface area contributed by atoms with Gasteiger partial charge < -0.3 is 9.88 Å². The van der Waals surface area contributed by atoms with Gasteiger partial charge in [-0.3, -0.25) is 4.79 Å². The van der Waals surface area contributed by atoms with Crippen LogP contribution in [0.3, 0.4) is 0 Å². The van der Waals surface area contributed by atoms with Crippen molar-refractivity contribution in [1.82, 2.24) is 9.88 Å². The van der Waals surface area contributed by atoms with E-state index in [0.717, 1.165) is 22.9 Å². The number of hydrogen-bond acceptors (Lipinski definition) is 4. The Morgan fingerprint density at radius 3 is 2.62 bits per heavy atom. The van der Waals surface area contributed by atoms with Crippen LogP contribution in [0.5, 0.6) is 0 Å². The van der Waals surface area contributed by atoms with Crippen molar-refractivity contribution in [2.75, 3.05) is 18.1 Å². The van der Waals surface area contributed by atoms with Crippen LogP contribution in [0.25, 0.3) is 0 Å². The van der Waals surface area contributed by atoms with Crippen LogP contribution in [0.2, 0.25) is 0 Å².